The van der Waals surface area contributed by atoms with E-state index in [2.05, 4.69) is 15.0 Å². The van der Waals surface area contributed by atoms with E-state index in [1.807, 2.05) is 18.2 Å². The van der Waals surface area contributed by atoms with E-state index >= 15 is 0 Å². The maximum atomic E-state index is 12.1. The quantitative estimate of drug-likeness (QED) is 0.386. The van der Waals surface area contributed by atoms with Crippen LogP contribution in [0, 0.1) is 0 Å². The predicted molar refractivity (Wildman–Crippen MR) is 99.7 cm³/mol. The molecule has 0 aliphatic carbocycles. The van der Waals surface area contributed by atoms with Crippen LogP contribution in [0.15, 0.2) is 58.4 Å². The van der Waals surface area contributed by atoms with Crippen LogP contribution in [0.2, 0.25) is 5.02 Å². The number of halogens is 1. The summed E-state index contributed by atoms with van der Waals surface area (Å²) >= 11 is 5.80. The number of nitrogens with zero attached hydrogens (tertiary/aromatic N) is 1. The molecule has 0 amide bonds. The summed E-state index contributed by atoms with van der Waals surface area (Å²) in [6.07, 6.45) is 0. The van der Waals surface area contributed by atoms with Gasteiger partial charge in [-0.15, -0.1) is 0 Å². The molecule has 0 bridgehead atoms. The van der Waals surface area contributed by atoms with Gasteiger partial charge in [0.25, 0.3) is 0 Å². The van der Waals surface area contributed by atoms with Crippen molar-refractivity contribution >= 4 is 33.3 Å². The van der Waals surface area contributed by atoms with Crippen LogP contribution in [0.3, 0.4) is 0 Å². The monoisotopic (exact) mass is 382 g/mol. The topological polar surface area (TPSA) is 106 Å². The van der Waals surface area contributed by atoms with Gasteiger partial charge in [-0.05, 0) is 30.3 Å². The number of methoxy groups -OCH3 is 1. The van der Waals surface area contributed by atoms with E-state index in [0.29, 0.717) is 10.8 Å². The average Bonchev–Trinajstić information content (AvgIpc) is 2.59. The van der Waals surface area contributed by atoms with Crippen molar-refractivity contribution in [3.05, 3.63) is 53.6 Å². The number of anilines is 1. The van der Waals surface area contributed by atoms with Gasteiger partial charge < -0.3 is 15.8 Å². The minimum atomic E-state index is -3.63. The second-order valence-electron chi connectivity index (χ2n) is 4.98. The molecule has 2 rings (SSSR count). The van der Waals surface area contributed by atoms with Crippen LogP contribution in [-0.4, -0.2) is 34.6 Å². The third kappa shape index (κ3) is 5.93. The first-order chi connectivity index (χ1) is 11.9. The van der Waals surface area contributed by atoms with E-state index in [0.717, 1.165) is 5.69 Å². The lowest BCUT2D eigenvalue weighted by Crippen LogP contribution is -2.28. The Morgan fingerprint density at radius 3 is 2.72 bits per heavy atom. The van der Waals surface area contributed by atoms with E-state index in [1.54, 1.807) is 25.3 Å². The van der Waals surface area contributed by atoms with Gasteiger partial charge in [-0.25, -0.2) is 13.1 Å². The molecule has 0 fully saturated rings. The zero-order valence-electron chi connectivity index (χ0n) is 13.6. The zero-order valence-corrected chi connectivity index (χ0v) is 15.1. The van der Waals surface area contributed by atoms with Crippen LogP contribution >= 0.6 is 11.6 Å². The first-order valence-electron chi connectivity index (χ1n) is 7.37. The highest BCUT2D eigenvalue weighted by atomic mass is 35.5. The second-order valence-corrected chi connectivity index (χ2v) is 7.18. The molecule has 0 aliphatic heterocycles. The molecule has 0 aliphatic rings. The molecule has 25 heavy (non-hydrogen) atoms. The summed E-state index contributed by atoms with van der Waals surface area (Å²) < 4.78 is 31.8. The molecule has 0 radical (unpaired) electrons. The molecular weight excluding hydrogens is 364 g/mol. The van der Waals surface area contributed by atoms with Gasteiger partial charge in [0.15, 0.2) is 5.96 Å². The van der Waals surface area contributed by atoms with Crippen molar-refractivity contribution in [2.45, 2.75) is 4.90 Å². The normalized spacial score (nSPS) is 12.0. The Bertz CT molecular complexity index is 856. The molecule has 2 aromatic rings. The van der Waals surface area contributed by atoms with Crippen molar-refractivity contribution in [3.63, 3.8) is 0 Å². The molecule has 4 N–H and O–H groups in total. The number of hydrogen-bond donors (Lipinski definition) is 3. The molecule has 0 aromatic heterocycles. The Kier molecular flexibility index (Phi) is 6.63. The Morgan fingerprint density at radius 1 is 1.24 bits per heavy atom. The van der Waals surface area contributed by atoms with Gasteiger partial charge in [0.05, 0.1) is 18.6 Å². The molecule has 0 heterocycles. The average molecular weight is 383 g/mol. The molecule has 0 spiro atoms. The van der Waals surface area contributed by atoms with Gasteiger partial charge in [-0.2, -0.15) is 0 Å². The van der Waals surface area contributed by atoms with Crippen LogP contribution in [0.1, 0.15) is 0 Å². The third-order valence-corrected chi connectivity index (χ3v) is 4.83. The molecular formula is C16H19ClN4O3S. The summed E-state index contributed by atoms with van der Waals surface area (Å²) in [5, 5.41) is 3.26. The fourth-order valence-electron chi connectivity index (χ4n) is 1.96. The summed E-state index contributed by atoms with van der Waals surface area (Å²) in [5.74, 6) is 0.863. The first-order valence-corrected chi connectivity index (χ1v) is 9.23. The summed E-state index contributed by atoms with van der Waals surface area (Å²) in [7, 11) is -2.06. The summed E-state index contributed by atoms with van der Waals surface area (Å²) in [4.78, 5) is 4.18. The smallest absolute Gasteiger partial charge is 0.240 e. The van der Waals surface area contributed by atoms with Crippen LogP contribution in [0.5, 0.6) is 5.75 Å². The molecule has 2 aromatic carbocycles. The summed E-state index contributed by atoms with van der Waals surface area (Å²) in [5.41, 5.74) is 6.50. The number of hydrogen-bond acceptors (Lipinski definition) is 4. The Morgan fingerprint density at radius 2 is 2.00 bits per heavy atom. The summed E-state index contributed by atoms with van der Waals surface area (Å²) in [6.45, 7) is 0.290. The lowest BCUT2D eigenvalue weighted by molar-refractivity contribution is 0.415. The molecule has 9 heteroatoms. The highest BCUT2D eigenvalue weighted by Gasteiger charge is 2.13. The maximum Gasteiger partial charge on any atom is 0.240 e. The van der Waals surface area contributed by atoms with E-state index < -0.39 is 10.0 Å². The maximum absolute atomic E-state index is 12.1. The molecule has 0 saturated heterocycles. The number of rotatable bonds is 7. The highest BCUT2D eigenvalue weighted by Crippen LogP contribution is 2.16. The Labute approximate surface area is 151 Å². The number of nitrogens with two attached hydrogens (primary N) is 1. The van der Waals surface area contributed by atoms with Gasteiger partial charge in [-0.1, -0.05) is 23.7 Å². The molecule has 0 unspecified atom stereocenters. The molecule has 0 saturated carbocycles. The standard InChI is InChI=1S/C16H19ClN4O3S/c1-24-14-6-3-5-13(11-14)21-16(18)19-8-9-20-25(22,23)15-7-2-4-12(17)10-15/h2-7,10-11,20H,8-9H2,1H3,(H3,18,19,21). The largest absolute Gasteiger partial charge is 0.497 e. The SMILES string of the molecule is COc1cccc(NC(N)=NCCNS(=O)(=O)c2cccc(Cl)c2)c1. The molecule has 134 valence electrons. The van der Waals surface area contributed by atoms with Gasteiger partial charge in [0.2, 0.25) is 10.0 Å². The van der Waals surface area contributed by atoms with Crippen molar-refractivity contribution in [2.75, 3.05) is 25.5 Å². The van der Waals surface area contributed by atoms with Crippen LogP contribution in [0.25, 0.3) is 0 Å². The predicted octanol–water partition coefficient (Wildman–Crippen LogP) is 2.05. The molecule has 0 atom stereocenters. The minimum absolute atomic E-state index is 0.103. The van der Waals surface area contributed by atoms with Crippen LogP contribution < -0.4 is 20.5 Å². The van der Waals surface area contributed by atoms with Crippen LogP contribution in [0.4, 0.5) is 5.69 Å². The van der Waals surface area contributed by atoms with E-state index in [-0.39, 0.29) is 23.9 Å². The number of sulfonamides is 1. The van der Waals surface area contributed by atoms with Gasteiger partial charge in [0, 0.05) is 23.3 Å². The third-order valence-electron chi connectivity index (χ3n) is 3.13. The van der Waals surface area contributed by atoms with E-state index in [1.165, 1.54) is 12.1 Å². The fourth-order valence-corrected chi connectivity index (χ4v) is 3.28. The fraction of sp³-hybridized carbons (Fsp3) is 0.188. The zero-order chi connectivity index (χ0) is 18.3. The number of nitrogens with one attached hydrogen (secondary N) is 2. The van der Waals surface area contributed by atoms with Crippen molar-refractivity contribution in [1.82, 2.24) is 4.72 Å². The van der Waals surface area contributed by atoms with Gasteiger partial charge >= 0.3 is 0 Å². The van der Waals surface area contributed by atoms with Gasteiger partial charge in [-0.3, -0.25) is 4.99 Å². The van der Waals surface area contributed by atoms with E-state index in [9.17, 15) is 8.42 Å². The van der Waals surface area contributed by atoms with Crippen molar-refractivity contribution in [3.8, 4) is 5.75 Å². The Hall–Kier alpha value is -2.29. The van der Waals surface area contributed by atoms with Crippen LogP contribution in [-0.2, 0) is 10.0 Å². The van der Waals surface area contributed by atoms with Crippen molar-refractivity contribution < 1.29 is 13.2 Å². The van der Waals surface area contributed by atoms with E-state index in [4.69, 9.17) is 22.1 Å². The van der Waals surface area contributed by atoms with Gasteiger partial charge in [0.1, 0.15) is 5.75 Å². The first kappa shape index (κ1) is 19.0. The minimum Gasteiger partial charge on any atom is -0.497 e. The number of guanidine groups is 1. The number of ether oxygens (including phenoxy) is 1. The Balaban J connectivity index is 1.87. The lowest BCUT2D eigenvalue weighted by Gasteiger charge is -2.08. The number of aliphatic imine (C=N–C) groups is 1. The highest BCUT2D eigenvalue weighted by molar-refractivity contribution is 7.89. The van der Waals surface area contributed by atoms with Crippen molar-refractivity contribution in [1.29, 1.82) is 0 Å². The van der Waals surface area contributed by atoms with Crippen molar-refractivity contribution in [2.24, 2.45) is 10.7 Å². The summed E-state index contributed by atoms with van der Waals surface area (Å²) in [6, 6.07) is 13.2. The molecule has 7 nitrogen and oxygen atoms in total. The second kappa shape index (κ2) is 8.70. The number of benzene rings is 2. The lowest BCUT2D eigenvalue weighted by atomic mass is 10.3.